The van der Waals surface area contributed by atoms with Crippen LogP contribution in [0.5, 0.6) is 0 Å². The molecule has 0 bridgehead atoms. The molecular weight excluding hydrogens is 174 g/mol. The van der Waals surface area contributed by atoms with Crippen LogP contribution in [0.15, 0.2) is 0 Å². The van der Waals surface area contributed by atoms with Gasteiger partial charge in [0.25, 0.3) is 0 Å². The molecule has 5 nitrogen and oxygen atoms in total. The lowest BCUT2D eigenvalue weighted by molar-refractivity contribution is -0.120. The van der Waals surface area contributed by atoms with E-state index in [2.05, 4.69) is 5.32 Å². The lowest BCUT2D eigenvalue weighted by atomic mass is 10.1. The van der Waals surface area contributed by atoms with Gasteiger partial charge in [-0.05, 0) is 6.42 Å². The van der Waals surface area contributed by atoms with E-state index in [1.54, 1.807) is 0 Å². The van der Waals surface area contributed by atoms with Crippen LogP contribution >= 0.6 is 0 Å². The van der Waals surface area contributed by atoms with Crippen LogP contribution in [0.3, 0.4) is 0 Å². The summed E-state index contributed by atoms with van der Waals surface area (Å²) in [5, 5.41) is 30.2. The predicted octanol–water partition coefficient (Wildman–Crippen LogP) is -1.77. The fourth-order valence-corrected chi connectivity index (χ4v) is 1.71. The third kappa shape index (κ3) is 2.18. The Kier molecular flexibility index (Phi) is 3.24. The van der Waals surface area contributed by atoms with Crippen molar-refractivity contribution in [1.29, 1.82) is 0 Å². The van der Waals surface area contributed by atoms with E-state index in [1.807, 2.05) is 0 Å². The van der Waals surface area contributed by atoms with E-state index in [9.17, 15) is 15.0 Å². The second-order valence-electron chi connectivity index (χ2n) is 3.47. The van der Waals surface area contributed by atoms with E-state index in [-0.39, 0.29) is 18.4 Å². The monoisotopic (exact) mass is 189 g/mol. The molecule has 0 heterocycles. The van der Waals surface area contributed by atoms with Crippen LogP contribution in [-0.2, 0) is 4.79 Å². The highest BCUT2D eigenvalue weighted by Crippen LogP contribution is 2.26. The Morgan fingerprint density at radius 2 is 2.08 bits per heavy atom. The molecule has 5 heteroatoms. The number of aliphatic hydroxyl groups excluding tert-OH is 3. The van der Waals surface area contributed by atoms with Gasteiger partial charge in [0.1, 0.15) is 6.10 Å². The molecule has 76 valence electrons. The number of amides is 1. The van der Waals surface area contributed by atoms with Gasteiger partial charge in [0.15, 0.2) is 0 Å². The average Bonchev–Trinajstić information content (AvgIpc) is 2.32. The van der Waals surface area contributed by atoms with Crippen LogP contribution in [0.2, 0.25) is 0 Å². The molecule has 13 heavy (non-hydrogen) atoms. The van der Waals surface area contributed by atoms with Crippen molar-refractivity contribution in [2.45, 2.75) is 31.6 Å². The van der Waals surface area contributed by atoms with E-state index in [1.165, 1.54) is 6.92 Å². The molecule has 0 saturated heterocycles. The summed E-state index contributed by atoms with van der Waals surface area (Å²) in [5.41, 5.74) is 0. The van der Waals surface area contributed by atoms with Gasteiger partial charge in [-0.1, -0.05) is 0 Å². The number of carbonyl (C=O) groups is 1. The summed E-state index contributed by atoms with van der Waals surface area (Å²) in [4.78, 5) is 10.7. The standard InChI is InChI=1S/C8H15NO4/c1-4(11)9-6-2-5(3-10)7(12)8(6)13/h5-8,10,12-13H,2-3H2,1H3,(H,9,11)/t5-,6+,7+,8+/m0/s1. The van der Waals surface area contributed by atoms with Gasteiger partial charge in [-0.15, -0.1) is 0 Å². The van der Waals surface area contributed by atoms with Crippen molar-refractivity contribution in [2.24, 2.45) is 5.92 Å². The quantitative estimate of drug-likeness (QED) is 0.413. The lowest BCUT2D eigenvalue weighted by Crippen LogP contribution is -2.42. The third-order valence-electron chi connectivity index (χ3n) is 2.42. The van der Waals surface area contributed by atoms with Crippen molar-refractivity contribution < 1.29 is 20.1 Å². The molecule has 1 saturated carbocycles. The van der Waals surface area contributed by atoms with Crippen molar-refractivity contribution in [2.75, 3.05) is 6.61 Å². The molecule has 0 aromatic heterocycles. The Morgan fingerprint density at radius 1 is 1.46 bits per heavy atom. The normalized spacial score (nSPS) is 39.1. The Morgan fingerprint density at radius 3 is 2.46 bits per heavy atom. The van der Waals surface area contributed by atoms with Crippen LogP contribution in [0.1, 0.15) is 13.3 Å². The SMILES string of the molecule is CC(=O)N[C@@H]1C[C@@H](CO)[C@@H](O)[C@@H]1O. The smallest absolute Gasteiger partial charge is 0.217 e. The topological polar surface area (TPSA) is 89.8 Å². The maximum absolute atomic E-state index is 10.7. The minimum atomic E-state index is -0.971. The molecule has 1 aliphatic carbocycles. The minimum Gasteiger partial charge on any atom is -0.396 e. The van der Waals surface area contributed by atoms with Gasteiger partial charge in [-0.2, -0.15) is 0 Å². The van der Waals surface area contributed by atoms with Crippen LogP contribution in [-0.4, -0.2) is 46.1 Å². The van der Waals surface area contributed by atoms with Gasteiger partial charge in [-0.3, -0.25) is 4.79 Å². The first-order valence-electron chi connectivity index (χ1n) is 4.30. The van der Waals surface area contributed by atoms with Gasteiger partial charge < -0.3 is 20.6 Å². The van der Waals surface area contributed by atoms with Crippen molar-refractivity contribution in [3.05, 3.63) is 0 Å². The molecule has 0 aromatic carbocycles. The minimum absolute atomic E-state index is 0.172. The predicted molar refractivity (Wildman–Crippen MR) is 44.8 cm³/mol. The molecule has 0 aliphatic heterocycles. The Hall–Kier alpha value is -0.650. The zero-order valence-electron chi connectivity index (χ0n) is 7.47. The zero-order valence-corrected chi connectivity index (χ0v) is 7.47. The number of hydrogen-bond donors (Lipinski definition) is 4. The van der Waals surface area contributed by atoms with Gasteiger partial charge in [0.05, 0.1) is 12.1 Å². The zero-order chi connectivity index (χ0) is 10.0. The first-order valence-corrected chi connectivity index (χ1v) is 4.30. The summed E-state index contributed by atoms with van der Waals surface area (Å²) in [6.07, 6.45) is -1.50. The fourth-order valence-electron chi connectivity index (χ4n) is 1.71. The van der Waals surface area contributed by atoms with Crippen molar-refractivity contribution in [3.8, 4) is 0 Å². The van der Waals surface area contributed by atoms with Gasteiger partial charge in [0.2, 0.25) is 5.91 Å². The molecule has 1 amide bonds. The molecule has 0 unspecified atom stereocenters. The van der Waals surface area contributed by atoms with E-state index in [0.29, 0.717) is 6.42 Å². The van der Waals surface area contributed by atoms with E-state index >= 15 is 0 Å². The number of hydrogen-bond acceptors (Lipinski definition) is 4. The lowest BCUT2D eigenvalue weighted by Gasteiger charge is -2.16. The van der Waals surface area contributed by atoms with E-state index in [0.717, 1.165) is 0 Å². The largest absolute Gasteiger partial charge is 0.396 e. The molecule has 0 aromatic rings. The molecule has 0 radical (unpaired) electrons. The Balaban J connectivity index is 2.55. The number of aliphatic hydroxyl groups is 3. The Labute approximate surface area is 76.4 Å². The summed E-state index contributed by atoms with van der Waals surface area (Å²) in [6.45, 7) is 1.18. The molecule has 1 rings (SSSR count). The molecule has 1 aliphatic rings. The van der Waals surface area contributed by atoms with Gasteiger partial charge in [0, 0.05) is 19.4 Å². The number of nitrogens with one attached hydrogen (secondary N) is 1. The van der Waals surface area contributed by atoms with Crippen LogP contribution in [0.4, 0.5) is 0 Å². The third-order valence-corrected chi connectivity index (χ3v) is 2.42. The first kappa shape index (κ1) is 10.4. The average molecular weight is 189 g/mol. The fraction of sp³-hybridized carbons (Fsp3) is 0.875. The van der Waals surface area contributed by atoms with Crippen molar-refractivity contribution in [3.63, 3.8) is 0 Å². The molecule has 4 N–H and O–H groups in total. The summed E-state index contributed by atoms with van der Waals surface area (Å²) >= 11 is 0. The summed E-state index contributed by atoms with van der Waals surface area (Å²) in [6, 6.07) is -0.440. The highest BCUT2D eigenvalue weighted by Gasteiger charge is 2.41. The molecular formula is C8H15NO4. The molecule has 4 atom stereocenters. The van der Waals surface area contributed by atoms with Crippen molar-refractivity contribution >= 4 is 5.91 Å². The van der Waals surface area contributed by atoms with Crippen LogP contribution in [0.25, 0.3) is 0 Å². The Bertz CT molecular complexity index is 197. The highest BCUT2D eigenvalue weighted by atomic mass is 16.3. The van der Waals surface area contributed by atoms with Gasteiger partial charge in [-0.25, -0.2) is 0 Å². The molecule has 1 fully saturated rings. The van der Waals surface area contributed by atoms with Crippen LogP contribution < -0.4 is 5.32 Å². The van der Waals surface area contributed by atoms with Crippen LogP contribution in [0, 0.1) is 5.92 Å². The second kappa shape index (κ2) is 4.04. The number of carbonyl (C=O) groups excluding carboxylic acids is 1. The van der Waals surface area contributed by atoms with Gasteiger partial charge >= 0.3 is 0 Å². The van der Waals surface area contributed by atoms with E-state index < -0.39 is 18.2 Å². The summed E-state index contributed by atoms with van der Waals surface area (Å²) < 4.78 is 0. The summed E-state index contributed by atoms with van der Waals surface area (Å²) in [5.74, 6) is -0.582. The molecule has 0 spiro atoms. The second-order valence-corrected chi connectivity index (χ2v) is 3.47. The number of rotatable bonds is 2. The summed E-state index contributed by atoms with van der Waals surface area (Å²) in [7, 11) is 0. The van der Waals surface area contributed by atoms with Crippen molar-refractivity contribution in [1.82, 2.24) is 5.32 Å². The van der Waals surface area contributed by atoms with E-state index in [4.69, 9.17) is 5.11 Å². The maximum Gasteiger partial charge on any atom is 0.217 e. The first-order chi connectivity index (χ1) is 6.06. The highest BCUT2D eigenvalue weighted by molar-refractivity contribution is 5.73. The maximum atomic E-state index is 10.7.